The van der Waals surface area contributed by atoms with Crippen LogP contribution in [-0.2, 0) is 61.9 Å². The molecule has 0 aliphatic heterocycles. The van der Waals surface area contributed by atoms with Crippen LogP contribution in [0, 0.1) is 52.0 Å². The predicted molar refractivity (Wildman–Crippen MR) is 593 cm³/mol. The minimum absolute atomic E-state index is 0. The van der Waals surface area contributed by atoms with Crippen LogP contribution >= 0.6 is 0 Å². The SMILES string of the molecule is CC(C)(C)c1ccc2c3cc4cc(c3)c3ccc(C(C)(C)C)cc3c3c[c-]c(cn3)c3ccc(cn3)c3ccccc3c3cc(cc(c3)c3ccccc3c3ccc(nc3)c3[c-]cc(nc3)c3cc(C(C)(C)C)ccc43)c3ccccc3c3ccc(nc3)c3[c-]cc(nc3)c2c1.Cc1cc(C)cc(-c2ccccc2-c2ccc(-c3[c-]cc(-c4cc(C(C)(C)C)ccc4-c4cc(C)cc(C)c4)nc3)nc2)c1.[Ir+3].[Ir]. The zero-order valence-corrected chi connectivity index (χ0v) is 87.7. The molecule has 0 fully saturated rings. The third-order valence-electron chi connectivity index (χ3n) is 27.3. The van der Waals surface area contributed by atoms with Crippen molar-refractivity contribution >= 4 is 162 Å². The molecule has 26 heterocycles. The number of aryl methyl sites for hydroxylation is 4. The molecule has 0 N–H and O–H groups in total. The Morgan fingerprint density at radius 3 is 0.789 bits per heavy atom. The molecule has 0 atom stereocenters. The first-order valence-corrected chi connectivity index (χ1v) is 48.3. The summed E-state index contributed by atoms with van der Waals surface area (Å²) in [5, 5.41) is 24.2. The van der Waals surface area contributed by atoms with E-state index >= 15 is 0 Å². The third kappa shape index (κ3) is 19.7. The van der Waals surface area contributed by atoms with Crippen LogP contribution in [0.15, 0.2) is 365 Å². The van der Waals surface area contributed by atoms with E-state index in [1.807, 2.05) is 73.8 Å². The fourth-order valence-electron chi connectivity index (χ4n) is 19.7. The van der Waals surface area contributed by atoms with Crippen molar-refractivity contribution in [2.24, 2.45) is 0 Å². The molecule has 142 heavy (non-hydrogen) atoms. The summed E-state index contributed by atoms with van der Waals surface area (Å²) in [6.07, 6.45) is 15.6. The number of pyridine rings is 8. The Bertz CT molecular complexity index is 8410. The minimum Gasteiger partial charge on any atom is -0.352 e. The van der Waals surface area contributed by atoms with Crippen LogP contribution in [0.5, 0.6) is 0 Å². The van der Waals surface area contributed by atoms with Crippen LogP contribution < -0.4 is 0 Å². The number of hydrogen-bond donors (Lipinski definition) is 0. The zero-order valence-electron chi connectivity index (χ0n) is 82.9. The Morgan fingerprint density at radius 1 is 0.197 bits per heavy atom. The van der Waals surface area contributed by atoms with E-state index in [0.29, 0.717) is 0 Å². The summed E-state index contributed by atoms with van der Waals surface area (Å²) in [4.78, 5) is 41.4. The number of nitrogens with zero attached hydrogens (tertiary/aromatic N) is 8. The van der Waals surface area contributed by atoms with Gasteiger partial charge >= 0.3 is 20.1 Å². The number of aromatic nitrogens is 8. The van der Waals surface area contributed by atoms with Crippen molar-refractivity contribution in [2.75, 3.05) is 0 Å². The van der Waals surface area contributed by atoms with Crippen LogP contribution in [0.2, 0.25) is 0 Å². The van der Waals surface area contributed by atoms with E-state index in [9.17, 15) is 0 Å². The van der Waals surface area contributed by atoms with Crippen molar-refractivity contribution in [3.05, 3.63) is 434 Å². The molecule has 10 heteroatoms. The van der Waals surface area contributed by atoms with Crippen LogP contribution in [0.3, 0.4) is 0 Å². The van der Waals surface area contributed by atoms with Gasteiger partial charge in [0.2, 0.25) is 0 Å². The molecule has 0 aliphatic rings. The van der Waals surface area contributed by atoms with Crippen LogP contribution in [-0.4, -0.2) is 39.9 Å². The van der Waals surface area contributed by atoms with E-state index in [2.05, 4.69) is 426 Å². The molecule has 41 rings (SSSR count). The van der Waals surface area contributed by atoms with E-state index in [1.165, 1.54) is 72.3 Å². The Balaban J connectivity index is 0.000000233. The van der Waals surface area contributed by atoms with Gasteiger partial charge in [0.1, 0.15) is 0 Å². The zero-order chi connectivity index (χ0) is 96.6. The Morgan fingerprint density at radius 2 is 0.493 bits per heavy atom. The normalized spacial score (nSPS) is 11.8. The fourth-order valence-corrected chi connectivity index (χ4v) is 19.7. The molecule has 0 spiro atoms. The summed E-state index contributed by atoms with van der Waals surface area (Å²) in [6.45, 7) is 35.8. The molecule has 0 saturated heterocycles. The molecular weight excluding hydrogens is 2080 g/mol. The van der Waals surface area contributed by atoms with Crippen molar-refractivity contribution in [3.63, 3.8) is 0 Å². The molecule has 695 valence electrons. The van der Waals surface area contributed by atoms with Gasteiger partial charge in [0.25, 0.3) is 0 Å². The molecule has 26 aromatic heterocycles. The summed E-state index contributed by atoms with van der Waals surface area (Å²) < 4.78 is 0. The van der Waals surface area contributed by atoms with Gasteiger partial charge < -0.3 is 39.9 Å². The third-order valence-corrected chi connectivity index (χ3v) is 27.3. The first-order chi connectivity index (χ1) is 67.5. The molecule has 8 nitrogen and oxygen atoms in total. The van der Waals surface area contributed by atoms with Crippen LogP contribution in [0.1, 0.15) is 128 Å². The molecule has 0 saturated carbocycles. The van der Waals surface area contributed by atoms with Crippen LogP contribution in [0.4, 0.5) is 0 Å². The number of rotatable bonds is 5. The van der Waals surface area contributed by atoms with Crippen molar-refractivity contribution in [3.8, 4) is 55.9 Å². The monoisotopic (exact) mass is 2190 g/mol. The topological polar surface area (TPSA) is 103 Å². The molecule has 15 aromatic carbocycles. The summed E-state index contributed by atoms with van der Waals surface area (Å²) in [6, 6.07) is 129. The minimum atomic E-state index is -0.160. The standard InChI is InChI=1S/C90H69N6.C42H39N2.2Ir/c1-88(2,3)67-28-31-76-64-43-65-45-66(44-64)78-33-30-69(90(7,8)9)48-81(78)87-39-27-60(54-96-87)84-36-24-57(51-93-84)72-18-12-15-21-75(72)63-41-61(73-19-13-10-16-70(73)55-22-34-82(91-49-55)58-25-37-85(94-52-58)79(76)46-67)40-62(42-63)74-20-14-11-17-71(74)56-23-35-83(92-50-56)59-26-38-86(95-53-59)80-47-68(89(4,5)6)29-32-77(65)80;1-27-18-28(2)21-33(20-27)37-11-9-8-10-36(37)31-12-16-40(43-25-31)32-13-17-41(44-26-32)39-24-35(42(5,6)7)14-15-38(39)34-22-29(3)19-30(4)23-34;;/h10-24,28-54H,1-9H3;8-12,14-26H,1-7H3;;/q-3;-1;;+3. The van der Waals surface area contributed by atoms with Gasteiger partial charge in [0.05, 0.1) is 0 Å². The predicted octanol–water partition coefficient (Wildman–Crippen LogP) is 34.8. The average molecular weight is 2190 g/mol. The largest absolute Gasteiger partial charge is 3.00 e. The second-order valence-corrected chi connectivity index (χ2v) is 41.7. The Labute approximate surface area is 857 Å². The average Bonchev–Trinajstić information content (AvgIpc) is 0.751. The summed E-state index contributed by atoms with van der Waals surface area (Å²) >= 11 is 0. The maximum Gasteiger partial charge on any atom is 3.00 e. The second-order valence-electron chi connectivity index (χ2n) is 41.7. The molecular formula is C132H108Ir2N8-. The van der Waals surface area contributed by atoms with Crippen LogP contribution in [0.25, 0.3) is 218 Å². The summed E-state index contributed by atoms with van der Waals surface area (Å²) in [7, 11) is 0. The van der Waals surface area contributed by atoms with Gasteiger partial charge in [-0.1, -0.05) is 385 Å². The maximum atomic E-state index is 5.33. The number of benzene rings is 12. The number of hydrogen-bond acceptors (Lipinski definition) is 8. The van der Waals surface area contributed by atoms with Crippen molar-refractivity contribution in [1.29, 1.82) is 0 Å². The van der Waals surface area contributed by atoms with E-state index in [4.69, 9.17) is 39.9 Å². The summed E-state index contributed by atoms with van der Waals surface area (Å²) in [5.74, 6) is 0. The van der Waals surface area contributed by atoms with E-state index < -0.39 is 0 Å². The van der Waals surface area contributed by atoms with Crippen molar-refractivity contribution < 1.29 is 40.2 Å². The van der Waals surface area contributed by atoms with Gasteiger partial charge in [-0.05, 0) is 305 Å². The molecule has 0 amide bonds. The first-order valence-electron chi connectivity index (χ1n) is 48.3. The van der Waals surface area contributed by atoms with E-state index in [0.717, 1.165) is 190 Å². The maximum absolute atomic E-state index is 5.33. The summed E-state index contributed by atoms with van der Waals surface area (Å²) in [5.41, 5.74) is 25.1. The van der Waals surface area contributed by atoms with E-state index in [-0.39, 0.29) is 61.9 Å². The smallest absolute Gasteiger partial charge is 0.352 e. The molecule has 1 radical (unpaired) electrons. The van der Waals surface area contributed by atoms with Gasteiger partial charge in [-0.25, -0.2) is 0 Å². The Hall–Kier alpha value is -14.9. The Kier molecular flexibility index (Phi) is 26.4. The van der Waals surface area contributed by atoms with Gasteiger partial charge in [-0.3, -0.25) is 0 Å². The van der Waals surface area contributed by atoms with Gasteiger partial charge in [0.15, 0.2) is 0 Å². The molecule has 0 aliphatic carbocycles. The molecule has 41 aromatic rings. The molecule has 18 bridgehead atoms. The fraction of sp³-hybridized carbons (Fsp3) is 0.152. The van der Waals surface area contributed by atoms with Crippen molar-refractivity contribution in [1.82, 2.24) is 39.9 Å². The molecule has 0 unspecified atom stereocenters. The first kappa shape index (κ1) is 96.0. The van der Waals surface area contributed by atoms with Gasteiger partial charge in [0, 0.05) is 44.9 Å². The van der Waals surface area contributed by atoms with Gasteiger partial charge in [-0.2, -0.15) is 0 Å². The van der Waals surface area contributed by atoms with E-state index in [1.54, 1.807) is 0 Å². The quantitative estimate of drug-likeness (QED) is 0.157. The second kappa shape index (κ2) is 39.0. The van der Waals surface area contributed by atoms with Gasteiger partial charge in [-0.15, -0.1) is 70.3 Å². The van der Waals surface area contributed by atoms with Crippen molar-refractivity contribution in [2.45, 2.75) is 132 Å².